The van der Waals surface area contributed by atoms with Crippen molar-refractivity contribution in [1.29, 1.82) is 5.26 Å². The maximum Gasteiger partial charge on any atom is 0.417 e. The number of carbonyl (C=O) groups is 1. The summed E-state index contributed by atoms with van der Waals surface area (Å²) in [5.74, 6) is 0.227. The molecule has 1 atom stereocenters. The van der Waals surface area contributed by atoms with Gasteiger partial charge in [-0.25, -0.2) is 9.97 Å². The van der Waals surface area contributed by atoms with E-state index in [9.17, 15) is 23.2 Å². The number of amides is 1. The summed E-state index contributed by atoms with van der Waals surface area (Å²) in [5.41, 5.74) is 1.22. The van der Waals surface area contributed by atoms with Gasteiger partial charge in [-0.05, 0) is 73.9 Å². The average Bonchev–Trinajstić information content (AvgIpc) is 3.53. The number of aryl methyl sites for hydroxylation is 1. The molecule has 35 heavy (non-hydrogen) atoms. The van der Waals surface area contributed by atoms with Crippen molar-refractivity contribution in [2.45, 2.75) is 44.3 Å². The number of hydrogen-bond acceptors (Lipinski definition) is 5. The Morgan fingerprint density at radius 1 is 1.14 bits per heavy atom. The van der Waals surface area contributed by atoms with Gasteiger partial charge >= 0.3 is 6.18 Å². The Balaban J connectivity index is 1.39. The van der Waals surface area contributed by atoms with Crippen molar-refractivity contribution in [2.24, 2.45) is 5.41 Å². The molecule has 5 rings (SSSR count). The van der Waals surface area contributed by atoms with Crippen LogP contribution in [0.15, 0.2) is 55.0 Å². The van der Waals surface area contributed by atoms with Crippen molar-refractivity contribution >= 4 is 5.91 Å². The van der Waals surface area contributed by atoms with E-state index in [2.05, 4.69) is 21.0 Å². The molecular formula is C26H22F3N5O. The number of nitriles is 1. The fraction of sp³-hybridized carbons (Fsp3) is 0.346. The van der Waals surface area contributed by atoms with Gasteiger partial charge in [0.05, 0.1) is 22.8 Å². The molecule has 9 heteroatoms. The van der Waals surface area contributed by atoms with E-state index in [1.54, 1.807) is 36.7 Å². The van der Waals surface area contributed by atoms with Gasteiger partial charge in [-0.2, -0.15) is 18.4 Å². The molecule has 2 fully saturated rings. The minimum absolute atomic E-state index is 0.0654. The second-order valence-electron chi connectivity index (χ2n) is 9.31. The molecule has 0 unspecified atom stereocenters. The number of rotatable bonds is 5. The van der Waals surface area contributed by atoms with E-state index in [0.29, 0.717) is 47.6 Å². The van der Waals surface area contributed by atoms with E-state index < -0.39 is 11.7 Å². The first kappa shape index (κ1) is 23.0. The molecule has 2 aliphatic rings. The lowest BCUT2D eigenvalue weighted by atomic mass is 9.99. The Morgan fingerprint density at radius 2 is 1.91 bits per heavy atom. The molecule has 2 aromatic heterocycles. The van der Waals surface area contributed by atoms with Crippen molar-refractivity contribution in [3.63, 3.8) is 0 Å². The molecule has 0 bridgehead atoms. The van der Waals surface area contributed by atoms with Crippen LogP contribution in [0.4, 0.5) is 13.2 Å². The topological polar surface area (TPSA) is 82.8 Å². The minimum atomic E-state index is -4.42. The van der Waals surface area contributed by atoms with Crippen LogP contribution in [-0.2, 0) is 12.6 Å². The van der Waals surface area contributed by atoms with Crippen LogP contribution in [0.5, 0.6) is 0 Å². The summed E-state index contributed by atoms with van der Waals surface area (Å²) < 4.78 is 38.5. The smallest absolute Gasteiger partial charge is 0.335 e. The third-order valence-corrected chi connectivity index (χ3v) is 6.90. The largest absolute Gasteiger partial charge is 0.417 e. The second kappa shape index (κ2) is 8.77. The Kier molecular flexibility index (Phi) is 5.75. The maximum absolute atomic E-state index is 13.8. The second-order valence-corrected chi connectivity index (χ2v) is 9.31. The first-order valence-corrected chi connectivity index (χ1v) is 11.4. The molecule has 3 aromatic rings. The van der Waals surface area contributed by atoms with Crippen LogP contribution < -0.4 is 0 Å². The third kappa shape index (κ3) is 4.74. The number of alkyl halides is 3. The number of pyridine rings is 1. The highest BCUT2D eigenvalue weighted by Crippen LogP contribution is 2.55. The van der Waals surface area contributed by atoms with Crippen LogP contribution in [0.1, 0.15) is 52.9 Å². The zero-order valence-corrected chi connectivity index (χ0v) is 18.8. The highest BCUT2D eigenvalue weighted by molar-refractivity contribution is 6.01. The van der Waals surface area contributed by atoms with Gasteiger partial charge in [0.15, 0.2) is 5.82 Å². The lowest BCUT2D eigenvalue weighted by Crippen LogP contribution is -2.36. The van der Waals surface area contributed by atoms with E-state index >= 15 is 0 Å². The Hall–Kier alpha value is -3.80. The lowest BCUT2D eigenvalue weighted by Gasteiger charge is -2.26. The molecule has 1 aromatic carbocycles. The molecular weight excluding hydrogens is 455 g/mol. The molecule has 1 saturated carbocycles. The molecule has 1 amide bonds. The Bertz CT molecular complexity index is 1280. The van der Waals surface area contributed by atoms with Gasteiger partial charge in [-0.15, -0.1) is 0 Å². The molecule has 6 nitrogen and oxygen atoms in total. The summed E-state index contributed by atoms with van der Waals surface area (Å²) in [4.78, 5) is 28.2. The zero-order chi connectivity index (χ0) is 24.6. The van der Waals surface area contributed by atoms with Crippen molar-refractivity contribution in [3.8, 4) is 17.5 Å². The zero-order valence-electron chi connectivity index (χ0n) is 18.8. The van der Waals surface area contributed by atoms with E-state index in [4.69, 9.17) is 0 Å². The predicted octanol–water partition coefficient (Wildman–Crippen LogP) is 5.06. The van der Waals surface area contributed by atoms with Crippen LogP contribution >= 0.6 is 0 Å². The van der Waals surface area contributed by atoms with E-state index in [-0.39, 0.29) is 17.4 Å². The minimum Gasteiger partial charge on any atom is -0.335 e. The van der Waals surface area contributed by atoms with Gasteiger partial charge < -0.3 is 4.90 Å². The van der Waals surface area contributed by atoms with E-state index in [1.807, 2.05) is 4.90 Å². The monoisotopic (exact) mass is 477 g/mol. The molecule has 0 radical (unpaired) electrons. The van der Waals surface area contributed by atoms with Crippen LogP contribution in [-0.4, -0.2) is 38.3 Å². The van der Waals surface area contributed by atoms with Gasteiger partial charge in [-0.1, -0.05) is 0 Å². The SMILES string of the molecule is N#Cc1ccc(-c2ncccn2)c(C(=O)N2CC3(CC3)C[C@H]2CCc2ccc(C(F)(F)F)cn2)c1. The molecule has 0 N–H and O–H groups in total. The number of hydrogen-bond donors (Lipinski definition) is 0. The quantitative estimate of drug-likeness (QED) is 0.513. The summed E-state index contributed by atoms with van der Waals surface area (Å²) in [6.45, 7) is 0.628. The molecule has 1 saturated heterocycles. The normalized spacial score (nSPS) is 18.5. The summed E-state index contributed by atoms with van der Waals surface area (Å²) >= 11 is 0. The van der Waals surface area contributed by atoms with E-state index in [0.717, 1.165) is 31.5 Å². The molecule has 3 heterocycles. The van der Waals surface area contributed by atoms with Gasteiger partial charge in [0.2, 0.25) is 0 Å². The maximum atomic E-state index is 13.8. The molecule has 1 aliphatic carbocycles. The number of likely N-dealkylation sites (tertiary alicyclic amines) is 1. The number of aromatic nitrogens is 3. The Labute approximate surface area is 200 Å². The van der Waals surface area contributed by atoms with Crippen LogP contribution in [0, 0.1) is 16.7 Å². The summed E-state index contributed by atoms with van der Waals surface area (Å²) in [6.07, 6.45) is 3.67. The highest BCUT2D eigenvalue weighted by Gasteiger charge is 2.53. The summed E-state index contributed by atoms with van der Waals surface area (Å²) in [6, 6.07) is 11.1. The van der Waals surface area contributed by atoms with Crippen molar-refractivity contribution in [3.05, 3.63) is 77.4 Å². The van der Waals surface area contributed by atoms with Crippen molar-refractivity contribution in [2.75, 3.05) is 6.54 Å². The summed E-state index contributed by atoms with van der Waals surface area (Å²) in [5, 5.41) is 9.41. The summed E-state index contributed by atoms with van der Waals surface area (Å²) in [7, 11) is 0. The van der Waals surface area contributed by atoms with Crippen LogP contribution in [0.2, 0.25) is 0 Å². The first-order chi connectivity index (χ1) is 16.8. The van der Waals surface area contributed by atoms with E-state index in [1.165, 1.54) is 6.07 Å². The number of nitrogens with zero attached hydrogens (tertiary/aromatic N) is 5. The highest BCUT2D eigenvalue weighted by atomic mass is 19.4. The lowest BCUT2D eigenvalue weighted by molar-refractivity contribution is -0.137. The Morgan fingerprint density at radius 3 is 2.54 bits per heavy atom. The fourth-order valence-electron chi connectivity index (χ4n) is 4.83. The molecule has 1 spiro atoms. The van der Waals surface area contributed by atoms with Gasteiger partial charge in [-0.3, -0.25) is 9.78 Å². The van der Waals surface area contributed by atoms with Crippen LogP contribution in [0.25, 0.3) is 11.4 Å². The predicted molar refractivity (Wildman–Crippen MR) is 121 cm³/mol. The molecule has 178 valence electrons. The number of benzene rings is 1. The molecule has 1 aliphatic heterocycles. The fourth-order valence-corrected chi connectivity index (χ4v) is 4.83. The van der Waals surface area contributed by atoms with Crippen LogP contribution in [0.3, 0.4) is 0 Å². The first-order valence-electron chi connectivity index (χ1n) is 11.4. The van der Waals surface area contributed by atoms with Gasteiger partial charge in [0.25, 0.3) is 5.91 Å². The number of halogens is 3. The average molecular weight is 477 g/mol. The van der Waals surface area contributed by atoms with Crippen molar-refractivity contribution in [1.82, 2.24) is 19.9 Å². The van der Waals surface area contributed by atoms with Gasteiger partial charge in [0.1, 0.15) is 0 Å². The standard InChI is InChI=1S/C26H22F3N5O/c27-26(28,29)18-3-4-19(33-15-18)5-6-20-13-25(8-9-25)16-34(20)24(35)22-12-17(14-30)2-7-21(22)23-31-10-1-11-32-23/h1-4,7,10-12,15,20H,5-6,8-9,13,16H2/t20-/m1/s1. The number of carbonyl (C=O) groups excluding carboxylic acids is 1. The van der Waals surface area contributed by atoms with Crippen molar-refractivity contribution < 1.29 is 18.0 Å². The van der Waals surface area contributed by atoms with Gasteiger partial charge in [0, 0.05) is 42.4 Å². The third-order valence-electron chi connectivity index (χ3n) is 6.90.